The molecule has 0 saturated heterocycles. The van der Waals surface area contributed by atoms with Gasteiger partial charge in [0, 0.05) is 6.20 Å². The molecule has 20 heavy (non-hydrogen) atoms. The molecule has 0 atom stereocenters. The second-order valence-electron chi connectivity index (χ2n) is 3.86. The highest BCUT2D eigenvalue weighted by molar-refractivity contribution is 8.00. The smallest absolute Gasteiger partial charge is 0.234 e. The zero-order valence-corrected chi connectivity index (χ0v) is 11.8. The molecule has 1 aromatic carbocycles. The Balaban J connectivity index is 1.96. The first-order chi connectivity index (χ1) is 9.56. The van der Waals surface area contributed by atoms with Gasteiger partial charge in [0.2, 0.25) is 5.91 Å². The van der Waals surface area contributed by atoms with Crippen molar-refractivity contribution in [3.63, 3.8) is 0 Å². The van der Waals surface area contributed by atoms with Gasteiger partial charge >= 0.3 is 0 Å². The first kappa shape index (κ1) is 14.6. The highest BCUT2D eigenvalue weighted by atomic mass is 35.5. The number of hydrogen-bond acceptors (Lipinski definition) is 4. The second kappa shape index (κ2) is 6.58. The first-order valence-electron chi connectivity index (χ1n) is 5.64. The predicted octanol–water partition coefficient (Wildman–Crippen LogP) is 3.19. The van der Waals surface area contributed by atoms with E-state index in [2.05, 4.69) is 10.3 Å². The van der Waals surface area contributed by atoms with E-state index >= 15 is 0 Å². The number of nitrogens with one attached hydrogen (secondary N) is 1. The summed E-state index contributed by atoms with van der Waals surface area (Å²) >= 11 is 7.12. The van der Waals surface area contributed by atoms with E-state index in [9.17, 15) is 9.18 Å². The van der Waals surface area contributed by atoms with E-state index in [4.69, 9.17) is 17.3 Å². The molecule has 7 heteroatoms. The summed E-state index contributed by atoms with van der Waals surface area (Å²) in [4.78, 5) is 15.8. The number of aromatic nitrogens is 1. The number of nitrogen functional groups attached to an aromatic ring is 1. The molecule has 1 aromatic heterocycles. The fourth-order valence-corrected chi connectivity index (χ4v) is 2.40. The Morgan fingerprint density at radius 2 is 2.25 bits per heavy atom. The van der Waals surface area contributed by atoms with Crippen LogP contribution < -0.4 is 11.1 Å². The number of benzene rings is 1. The molecule has 4 nitrogen and oxygen atoms in total. The normalized spacial score (nSPS) is 10.3. The van der Waals surface area contributed by atoms with Crippen molar-refractivity contribution in [1.82, 2.24) is 4.98 Å². The van der Waals surface area contributed by atoms with E-state index in [0.29, 0.717) is 15.7 Å². The minimum Gasteiger partial charge on any atom is -0.397 e. The molecule has 104 valence electrons. The van der Waals surface area contributed by atoms with Crippen molar-refractivity contribution in [3.05, 3.63) is 47.4 Å². The lowest BCUT2D eigenvalue weighted by Gasteiger charge is -2.08. The number of hydrogen-bond donors (Lipinski definition) is 2. The van der Waals surface area contributed by atoms with Gasteiger partial charge in [0.05, 0.1) is 22.2 Å². The minimum atomic E-state index is -0.463. The number of anilines is 2. The van der Waals surface area contributed by atoms with Crippen LogP contribution in [0.15, 0.2) is 41.6 Å². The molecule has 0 bridgehead atoms. The van der Waals surface area contributed by atoms with Crippen molar-refractivity contribution < 1.29 is 9.18 Å². The summed E-state index contributed by atoms with van der Waals surface area (Å²) in [6, 6.07) is 7.20. The van der Waals surface area contributed by atoms with Gasteiger partial charge in [-0.1, -0.05) is 23.4 Å². The Labute approximate surface area is 124 Å². The molecule has 0 aliphatic rings. The topological polar surface area (TPSA) is 68.0 Å². The van der Waals surface area contributed by atoms with Gasteiger partial charge in [0.15, 0.2) is 0 Å². The Bertz CT molecular complexity index is 639. The fraction of sp³-hybridized carbons (Fsp3) is 0.0769. The summed E-state index contributed by atoms with van der Waals surface area (Å²) in [6.07, 6.45) is 1.59. The molecule has 0 aliphatic carbocycles. The zero-order chi connectivity index (χ0) is 14.5. The Morgan fingerprint density at radius 1 is 1.45 bits per heavy atom. The quantitative estimate of drug-likeness (QED) is 0.672. The van der Waals surface area contributed by atoms with Gasteiger partial charge in [-0.15, -0.1) is 0 Å². The minimum absolute atomic E-state index is 0.104. The van der Waals surface area contributed by atoms with Gasteiger partial charge in [-0.05, 0) is 30.3 Å². The summed E-state index contributed by atoms with van der Waals surface area (Å²) in [6.45, 7) is 0. The number of pyridine rings is 1. The van der Waals surface area contributed by atoms with Crippen molar-refractivity contribution in [2.75, 3.05) is 16.8 Å². The number of amides is 1. The van der Waals surface area contributed by atoms with Gasteiger partial charge in [-0.2, -0.15) is 0 Å². The van der Waals surface area contributed by atoms with Crippen LogP contribution in [0.25, 0.3) is 0 Å². The van der Waals surface area contributed by atoms with E-state index in [1.807, 2.05) is 0 Å². The number of nitrogens with zero attached hydrogens (tertiary/aromatic N) is 1. The number of nitrogens with two attached hydrogens (primary N) is 1. The molecule has 0 saturated carbocycles. The van der Waals surface area contributed by atoms with Gasteiger partial charge in [0.1, 0.15) is 10.8 Å². The largest absolute Gasteiger partial charge is 0.397 e. The van der Waals surface area contributed by atoms with Gasteiger partial charge < -0.3 is 11.1 Å². The Kier molecular flexibility index (Phi) is 4.81. The molecule has 2 aromatic rings. The van der Waals surface area contributed by atoms with Crippen LogP contribution in [0.1, 0.15) is 0 Å². The predicted molar refractivity (Wildman–Crippen MR) is 79.4 cm³/mol. The molecule has 0 unspecified atom stereocenters. The summed E-state index contributed by atoms with van der Waals surface area (Å²) < 4.78 is 13.1. The molecule has 0 fully saturated rings. The first-order valence-corrected chi connectivity index (χ1v) is 7.01. The molecular weight excluding hydrogens is 301 g/mol. The van der Waals surface area contributed by atoms with Crippen LogP contribution >= 0.6 is 23.4 Å². The van der Waals surface area contributed by atoms with Crippen molar-refractivity contribution in [2.24, 2.45) is 0 Å². The third-order valence-electron chi connectivity index (χ3n) is 2.35. The molecule has 3 N–H and O–H groups in total. The molecule has 0 spiro atoms. The highest BCUT2D eigenvalue weighted by Crippen LogP contribution is 2.25. The van der Waals surface area contributed by atoms with Crippen LogP contribution in [0.3, 0.4) is 0 Å². The van der Waals surface area contributed by atoms with Crippen molar-refractivity contribution >= 4 is 40.6 Å². The molecular formula is C13H11ClFN3OS. The van der Waals surface area contributed by atoms with E-state index in [0.717, 1.165) is 0 Å². The van der Waals surface area contributed by atoms with Crippen molar-refractivity contribution in [3.8, 4) is 0 Å². The van der Waals surface area contributed by atoms with Crippen LogP contribution in [0.4, 0.5) is 15.8 Å². The summed E-state index contributed by atoms with van der Waals surface area (Å²) in [5.74, 6) is -0.670. The lowest BCUT2D eigenvalue weighted by molar-refractivity contribution is -0.113. The summed E-state index contributed by atoms with van der Waals surface area (Å²) in [5, 5.41) is 3.59. The molecule has 0 radical (unpaired) electrons. The summed E-state index contributed by atoms with van der Waals surface area (Å²) in [7, 11) is 0. The van der Waals surface area contributed by atoms with Crippen molar-refractivity contribution in [2.45, 2.75) is 5.03 Å². The third kappa shape index (κ3) is 3.85. The van der Waals surface area contributed by atoms with Crippen LogP contribution in [-0.2, 0) is 4.79 Å². The van der Waals surface area contributed by atoms with E-state index < -0.39 is 5.82 Å². The highest BCUT2D eigenvalue weighted by Gasteiger charge is 2.09. The molecule has 1 heterocycles. The standard InChI is InChI=1S/C13H11ClFN3OS/c14-9-2-1-5-17-13(9)20-7-12(19)18-11-6-8(15)3-4-10(11)16/h1-6H,7,16H2,(H,18,19). The van der Waals surface area contributed by atoms with Gasteiger partial charge in [-0.3, -0.25) is 4.79 Å². The van der Waals surface area contributed by atoms with Crippen LogP contribution in [0.2, 0.25) is 5.02 Å². The third-order valence-corrected chi connectivity index (χ3v) is 3.78. The maximum Gasteiger partial charge on any atom is 0.234 e. The van der Waals surface area contributed by atoms with Gasteiger partial charge in [-0.25, -0.2) is 9.37 Å². The van der Waals surface area contributed by atoms with E-state index in [1.54, 1.807) is 18.3 Å². The number of rotatable bonds is 4. The number of carbonyl (C=O) groups excluding carboxylic acids is 1. The average Bonchev–Trinajstić information content (AvgIpc) is 2.42. The zero-order valence-electron chi connectivity index (χ0n) is 10.3. The number of halogens is 2. The van der Waals surface area contributed by atoms with Crippen LogP contribution in [-0.4, -0.2) is 16.6 Å². The maximum atomic E-state index is 13.1. The summed E-state index contributed by atoms with van der Waals surface area (Å²) in [5.41, 5.74) is 6.21. The maximum absolute atomic E-state index is 13.1. The number of carbonyl (C=O) groups is 1. The number of thioether (sulfide) groups is 1. The second-order valence-corrected chi connectivity index (χ2v) is 5.23. The monoisotopic (exact) mass is 311 g/mol. The van der Waals surface area contributed by atoms with E-state index in [-0.39, 0.29) is 17.3 Å². The lowest BCUT2D eigenvalue weighted by atomic mass is 10.2. The van der Waals surface area contributed by atoms with Crippen LogP contribution in [0.5, 0.6) is 0 Å². The molecule has 1 amide bonds. The van der Waals surface area contributed by atoms with Crippen molar-refractivity contribution in [1.29, 1.82) is 0 Å². The van der Waals surface area contributed by atoms with Crippen LogP contribution in [0, 0.1) is 5.82 Å². The Hall–Kier alpha value is -1.79. The lowest BCUT2D eigenvalue weighted by Crippen LogP contribution is -2.15. The average molecular weight is 312 g/mol. The molecule has 2 rings (SSSR count). The van der Waals surface area contributed by atoms with Gasteiger partial charge in [0.25, 0.3) is 0 Å². The molecule has 0 aliphatic heterocycles. The fourth-order valence-electron chi connectivity index (χ4n) is 1.43. The van der Waals surface area contributed by atoms with E-state index in [1.165, 1.54) is 30.0 Å². The Morgan fingerprint density at radius 3 is 3.00 bits per heavy atom. The SMILES string of the molecule is Nc1ccc(F)cc1NC(=O)CSc1ncccc1Cl.